The molecule has 0 saturated heterocycles. The molecule has 3 aromatic rings. The molecule has 0 fully saturated rings. The third-order valence-corrected chi connectivity index (χ3v) is 5.62. The molecule has 0 aliphatic rings. The first-order valence-corrected chi connectivity index (χ1v) is 8.90. The lowest BCUT2D eigenvalue weighted by atomic mass is 10.2. The molecule has 0 aliphatic carbocycles. The molecule has 1 aromatic carbocycles. The fourth-order valence-electron chi connectivity index (χ4n) is 2.38. The summed E-state index contributed by atoms with van der Waals surface area (Å²) < 4.78 is 17.8. The van der Waals surface area contributed by atoms with Gasteiger partial charge in [-0.15, -0.1) is 0 Å². The van der Waals surface area contributed by atoms with E-state index in [1.54, 1.807) is 39.2 Å². The molecule has 6 nitrogen and oxygen atoms in total. The van der Waals surface area contributed by atoms with E-state index >= 15 is 0 Å². The molecule has 3 rings (SSSR count). The smallest absolute Gasteiger partial charge is 0.252 e. The number of methoxy groups -OCH3 is 1. The Labute approximate surface area is 145 Å². The highest BCUT2D eigenvalue weighted by Crippen LogP contribution is 2.23. The van der Waals surface area contributed by atoms with E-state index in [1.165, 1.54) is 0 Å². The number of halogens is 1. The number of hydrogen-bond acceptors (Lipinski definition) is 4. The van der Waals surface area contributed by atoms with E-state index in [4.69, 9.17) is 16.3 Å². The average molecular weight is 366 g/mol. The van der Waals surface area contributed by atoms with Crippen LogP contribution in [0, 0.1) is 13.8 Å². The number of ether oxygens (including phenoxy) is 1. The number of rotatable bonds is 4. The second-order valence-corrected chi connectivity index (χ2v) is 7.16. The third-order valence-electron chi connectivity index (χ3n) is 3.87. The average Bonchev–Trinajstić information content (AvgIpc) is 3.00. The van der Waals surface area contributed by atoms with Gasteiger partial charge in [0.2, 0.25) is 0 Å². The number of aromatic nitrogens is 3. The lowest BCUT2D eigenvalue weighted by Gasteiger charge is -2.08. The molecule has 0 saturated carbocycles. The molecule has 2 aromatic heterocycles. The summed E-state index contributed by atoms with van der Waals surface area (Å²) in [6.07, 6.45) is 0. The second kappa shape index (κ2) is 6.41. The molecule has 2 heterocycles. The Morgan fingerprint density at radius 3 is 2.71 bits per heavy atom. The second-order valence-electron chi connectivity index (χ2n) is 5.41. The summed E-state index contributed by atoms with van der Waals surface area (Å²) in [4.78, 5) is 22.0. The van der Waals surface area contributed by atoms with Crippen molar-refractivity contribution in [2.75, 3.05) is 7.11 Å². The van der Waals surface area contributed by atoms with E-state index in [0.29, 0.717) is 32.7 Å². The van der Waals surface area contributed by atoms with Gasteiger partial charge in [0.25, 0.3) is 5.56 Å². The molecule has 0 amide bonds. The Bertz CT molecular complexity index is 1010. The van der Waals surface area contributed by atoms with Crippen molar-refractivity contribution in [2.45, 2.75) is 24.8 Å². The largest absolute Gasteiger partial charge is 0.497 e. The van der Waals surface area contributed by atoms with Gasteiger partial charge in [-0.2, -0.15) is 0 Å². The number of H-pyrrole nitrogens is 2. The van der Waals surface area contributed by atoms with Crippen LogP contribution in [0.25, 0.3) is 11.0 Å². The Morgan fingerprint density at radius 1 is 1.25 bits per heavy atom. The summed E-state index contributed by atoms with van der Waals surface area (Å²) in [6, 6.07) is 5.37. The minimum Gasteiger partial charge on any atom is -0.497 e. The van der Waals surface area contributed by atoms with Gasteiger partial charge in [0.1, 0.15) is 5.75 Å². The minimum absolute atomic E-state index is 0.123. The van der Waals surface area contributed by atoms with Crippen LogP contribution >= 0.6 is 11.6 Å². The summed E-state index contributed by atoms with van der Waals surface area (Å²) >= 11 is 6.16. The van der Waals surface area contributed by atoms with Crippen molar-refractivity contribution in [1.29, 1.82) is 0 Å². The molecule has 0 radical (unpaired) electrons. The van der Waals surface area contributed by atoms with Gasteiger partial charge in [0, 0.05) is 17.3 Å². The topological polar surface area (TPSA) is 87.8 Å². The highest BCUT2D eigenvalue weighted by Gasteiger charge is 2.16. The van der Waals surface area contributed by atoms with Crippen molar-refractivity contribution in [3.05, 3.63) is 50.4 Å². The Morgan fingerprint density at radius 2 is 2.00 bits per heavy atom. The van der Waals surface area contributed by atoms with Crippen LogP contribution in [0.3, 0.4) is 0 Å². The molecule has 1 atom stereocenters. The Kier molecular flexibility index (Phi) is 4.47. The van der Waals surface area contributed by atoms with Crippen LogP contribution in [0.2, 0.25) is 5.02 Å². The van der Waals surface area contributed by atoms with Gasteiger partial charge in [-0.3, -0.25) is 9.00 Å². The maximum atomic E-state index is 12.6. The highest BCUT2D eigenvalue weighted by molar-refractivity contribution is 7.84. The molecular formula is C16H16ClN3O3S. The van der Waals surface area contributed by atoms with Crippen molar-refractivity contribution >= 4 is 33.4 Å². The molecule has 126 valence electrons. The van der Waals surface area contributed by atoms with E-state index < -0.39 is 10.8 Å². The zero-order valence-corrected chi connectivity index (χ0v) is 15.0. The third kappa shape index (κ3) is 2.97. The van der Waals surface area contributed by atoms with E-state index in [-0.39, 0.29) is 11.3 Å². The van der Waals surface area contributed by atoms with E-state index in [0.717, 1.165) is 11.1 Å². The molecule has 2 N–H and O–H groups in total. The van der Waals surface area contributed by atoms with Crippen molar-refractivity contribution in [1.82, 2.24) is 15.0 Å². The summed E-state index contributed by atoms with van der Waals surface area (Å²) in [5.41, 5.74) is 2.90. The lowest BCUT2D eigenvalue weighted by Crippen LogP contribution is -2.16. The number of aromatic amines is 2. The van der Waals surface area contributed by atoms with Crippen molar-refractivity contribution in [3.8, 4) is 5.75 Å². The zero-order valence-electron chi connectivity index (χ0n) is 13.4. The van der Waals surface area contributed by atoms with Gasteiger partial charge in [0.15, 0.2) is 5.16 Å². The van der Waals surface area contributed by atoms with Gasteiger partial charge in [-0.05, 0) is 31.5 Å². The van der Waals surface area contributed by atoms with E-state index in [1.807, 2.05) is 0 Å². The predicted octanol–water partition coefficient (Wildman–Crippen LogP) is 2.84. The maximum Gasteiger partial charge on any atom is 0.252 e. The fourth-order valence-corrected chi connectivity index (χ4v) is 3.69. The monoisotopic (exact) mass is 365 g/mol. The van der Waals surface area contributed by atoms with Crippen LogP contribution in [-0.2, 0) is 16.6 Å². The highest BCUT2D eigenvalue weighted by atomic mass is 35.5. The van der Waals surface area contributed by atoms with Crippen LogP contribution in [0.15, 0.2) is 28.2 Å². The molecule has 0 aliphatic heterocycles. The van der Waals surface area contributed by atoms with Crippen LogP contribution in [0.4, 0.5) is 0 Å². The first-order valence-electron chi connectivity index (χ1n) is 7.20. The number of nitrogens with one attached hydrogen (secondary N) is 2. The molecular weight excluding hydrogens is 350 g/mol. The SMILES string of the molecule is COc1ccc2nc(S(=O)Cc3[nH]c(=O)c(C)c(Cl)c3C)[nH]c2c1. The van der Waals surface area contributed by atoms with Crippen LogP contribution in [0.1, 0.15) is 16.8 Å². The van der Waals surface area contributed by atoms with Gasteiger partial charge < -0.3 is 14.7 Å². The molecule has 24 heavy (non-hydrogen) atoms. The number of hydrogen-bond donors (Lipinski definition) is 2. The van der Waals surface area contributed by atoms with E-state index in [9.17, 15) is 9.00 Å². The van der Waals surface area contributed by atoms with Crippen molar-refractivity contribution < 1.29 is 8.95 Å². The number of fused-ring (bicyclic) bond motifs is 1. The standard InChI is InChI=1S/C16H16ClN3O3S/c1-8-13(18-15(21)9(2)14(8)17)7-24(22)16-19-11-5-4-10(23-3)6-12(11)20-16/h4-6H,7H2,1-3H3,(H,18,21)(H,19,20). The summed E-state index contributed by atoms with van der Waals surface area (Å²) in [7, 11) is 0.135. The van der Waals surface area contributed by atoms with Gasteiger partial charge in [-0.1, -0.05) is 11.6 Å². The molecule has 0 spiro atoms. The zero-order chi connectivity index (χ0) is 17.4. The Balaban J connectivity index is 1.94. The summed E-state index contributed by atoms with van der Waals surface area (Å²) in [5, 5.41) is 0.746. The van der Waals surface area contributed by atoms with Crippen LogP contribution in [-0.4, -0.2) is 26.3 Å². The maximum absolute atomic E-state index is 12.6. The minimum atomic E-state index is -1.45. The molecule has 0 bridgehead atoms. The van der Waals surface area contributed by atoms with Crippen molar-refractivity contribution in [3.63, 3.8) is 0 Å². The lowest BCUT2D eigenvalue weighted by molar-refractivity contribution is 0.415. The number of imidazole rings is 1. The molecule has 8 heteroatoms. The number of benzene rings is 1. The van der Waals surface area contributed by atoms with Crippen molar-refractivity contribution in [2.24, 2.45) is 0 Å². The summed E-state index contributed by atoms with van der Waals surface area (Å²) in [6.45, 7) is 3.45. The van der Waals surface area contributed by atoms with Gasteiger partial charge >= 0.3 is 0 Å². The Hall–Kier alpha value is -2.12. The summed E-state index contributed by atoms with van der Waals surface area (Å²) in [5.74, 6) is 0.812. The van der Waals surface area contributed by atoms with Crippen LogP contribution < -0.4 is 10.3 Å². The van der Waals surface area contributed by atoms with E-state index in [2.05, 4.69) is 15.0 Å². The number of nitrogens with zero attached hydrogens (tertiary/aromatic N) is 1. The van der Waals surface area contributed by atoms with Gasteiger partial charge in [-0.25, -0.2) is 4.98 Å². The van der Waals surface area contributed by atoms with Crippen LogP contribution in [0.5, 0.6) is 5.75 Å². The normalized spacial score (nSPS) is 12.5. The fraction of sp³-hybridized carbons (Fsp3) is 0.250. The molecule has 1 unspecified atom stereocenters. The first-order chi connectivity index (χ1) is 11.4. The number of pyridine rings is 1. The quantitative estimate of drug-likeness (QED) is 0.744. The van der Waals surface area contributed by atoms with Gasteiger partial charge in [0.05, 0.1) is 39.7 Å². The first kappa shape index (κ1) is 16.7. The predicted molar refractivity (Wildman–Crippen MR) is 94.3 cm³/mol.